The Morgan fingerprint density at radius 3 is 2.50 bits per heavy atom. The lowest BCUT2D eigenvalue weighted by molar-refractivity contribution is -0.170. The molecule has 0 spiro atoms. The number of rotatable bonds is 1. The van der Waals surface area contributed by atoms with Gasteiger partial charge in [-0.1, -0.05) is 0 Å². The molecule has 1 atom stereocenters. The van der Waals surface area contributed by atoms with Crippen LogP contribution in [0.5, 0.6) is 0 Å². The van der Waals surface area contributed by atoms with Crippen molar-refractivity contribution >= 4 is 5.78 Å². The van der Waals surface area contributed by atoms with Crippen LogP contribution in [0.3, 0.4) is 0 Å². The second-order valence-electron chi connectivity index (χ2n) is 2.92. The molecule has 1 N–H and O–H groups in total. The first kappa shape index (κ1) is 9.16. The topological polar surface area (TPSA) is 46.5 Å². The summed E-state index contributed by atoms with van der Waals surface area (Å²) in [5, 5.41) is 9.54. The molecule has 12 heavy (non-hydrogen) atoms. The van der Waals surface area contributed by atoms with Crippen LogP contribution in [0.2, 0.25) is 0 Å². The Kier molecular flexibility index (Phi) is 2.17. The van der Waals surface area contributed by atoms with Crippen molar-refractivity contribution in [2.24, 2.45) is 0 Å². The highest BCUT2D eigenvalue weighted by Gasteiger charge is 2.34. The van der Waals surface area contributed by atoms with Crippen molar-refractivity contribution in [3.63, 3.8) is 0 Å². The minimum Gasteiger partial charge on any atom is -0.356 e. The van der Waals surface area contributed by atoms with Gasteiger partial charge in [0.2, 0.25) is 5.78 Å². The molecule has 0 heterocycles. The van der Waals surface area contributed by atoms with Gasteiger partial charge in [-0.3, -0.25) is 4.79 Å². The summed E-state index contributed by atoms with van der Waals surface area (Å²) in [6.07, 6.45) is 2.81. The zero-order valence-corrected chi connectivity index (χ0v) is 7.42. The third kappa shape index (κ3) is 1.33. The van der Waals surface area contributed by atoms with Crippen molar-refractivity contribution in [3.8, 4) is 0 Å². The summed E-state index contributed by atoms with van der Waals surface area (Å²) < 4.78 is 4.69. The number of methoxy groups -OCH3 is 1. The summed E-state index contributed by atoms with van der Waals surface area (Å²) in [6.45, 7) is 3.64. The fourth-order valence-electron chi connectivity index (χ4n) is 1.05. The summed E-state index contributed by atoms with van der Waals surface area (Å²) in [4.78, 5) is 11.2. The van der Waals surface area contributed by atoms with Crippen LogP contribution in [0.15, 0.2) is 23.3 Å². The van der Waals surface area contributed by atoms with Crippen LogP contribution in [-0.2, 0) is 9.53 Å². The maximum atomic E-state index is 11.2. The lowest BCUT2D eigenvalue weighted by Gasteiger charge is -2.24. The number of allylic oxidation sites excluding steroid dienone is 2. The van der Waals surface area contributed by atoms with Gasteiger partial charge in [-0.25, -0.2) is 0 Å². The standard InChI is InChI=1S/C9H12O3/c1-6-4-8(10)9(11,12-3)5-7(6)2/h4-5,11H,1-3H3. The molecule has 66 valence electrons. The van der Waals surface area contributed by atoms with Gasteiger partial charge in [0.15, 0.2) is 0 Å². The molecule has 1 unspecified atom stereocenters. The minimum atomic E-state index is -1.75. The molecule has 0 saturated carbocycles. The SMILES string of the molecule is COC1(O)C=C(C)C(C)=CC1=O. The summed E-state index contributed by atoms with van der Waals surface area (Å²) in [5.74, 6) is -2.17. The van der Waals surface area contributed by atoms with E-state index >= 15 is 0 Å². The quantitative estimate of drug-likeness (QED) is 0.589. The number of hydrogen-bond donors (Lipinski definition) is 1. The molecule has 1 aliphatic carbocycles. The smallest absolute Gasteiger partial charge is 0.251 e. The van der Waals surface area contributed by atoms with Crippen LogP contribution in [-0.4, -0.2) is 23.8 Å². The van der Waals surface area contributed by atoms with E-state index in [9.17, 15) is 9.90 Å². The maximum absolute atomic E-state index is 11.2. The molecule has 0 aromatic rings. The minimum absolute atomic E-state index is 0.423. The fourth-order valence-corrected chi connectivity index (χ4v) is 1.05. The molecule has 0 saturated heterocycles. The van der Waals surface area contributed by atoms with E-state index in [0.29, 0.717) is 0 Å². The zero-order chi connectivity index (χ0) is 9.35. The number of carbonyl (C=O) groups excluding carboxylic acids is 1. The van der Waals surface area contributed by atoms with Crippen molar-refractivity contribution in [1.29, 1.82) is 0 Å². The molecule has 0 bridgehead atoms. The first-order valence-electron chi connectivity index (χ1n) is 3.69. The summed E-state index contributed by atoms with van der Waals surface area (Å²) >= 11 is 0. The van der Waals surface area contributed by atoms with E-state index in [1.807, 2.05) is 13.8 Å². The Labute approximate surface area is 71.3 Å². The molecule has 3 heteroatoms. The van der Waals surface area contributed by atoms with Gasteiger partial charge in [0.1, 0.15) is 0 Å². The third-order valence-corrected chi connectivity index (χ3v) is 2.05. The Bertz CT molecular complexity index is 275. The average molecular weight is 168 g/mol. The third-order valence-electron chi connectivity index (χ3n) is 2.05. The summed E-state index contributed by atoms with van der Waals surface area (Å²) in [6, 6.07) is 0. The molecule has 0 aromatic heterocycles. The van der Waals surface area contributed by atoms with Gasteiger partial charge in [-0.2, -0.15) is 0 Å². The second-order valence-corrected chi connectivity index (χ2v) is 2.92. The molecular weight excluding hydrogens is 156 g/mol. The van der Waals surface area contributed by atoms with E-state index in [-0.39, 0.29) is 0 Å². The van der Waals surface area contributed by atoms with Crippen LogP contribution in [0, 0.1) is 0 Å². The number of hydrogen-bond acceptors (Lipinski definition) is 3. The van der Waals surface area contributed by atoms with E-state index in [1.165, 1.54) is 19.3 Å². The molecule has 3 nitrogen and oxygen atoms in total. The van der Waals surface area contributed by atoms with E-state index < -0.39 is 11.6 Å². The Morgan fingerprint density at radius 1 is 1.42 bits per heavy atom. The Balaban J connectivity index is 3.07. The lowest BCUT2D eigenvalue weighted by atomic mass is 9.95. The predicted octanol–water partition coefficient (Wildman–Crippen LogP) is 0.797. The van der Waals surface area contributed by atoms with Gasteiger partial charge < -0.3 is 9.84 Å². The molecular formula is C9H12O3. The largest absolute Gasteiger partial charge is 0.356 e. The Morgan fingerprint density at radius 2 is 2.00 bits per heavy atom. The summed E-state index contributed by atoms with van der Waals surface area (Å²) in [7, 11) is 1.30. The summed E-state index contributed by atoms with van der Waals surface area (Å²) in [5.41, 5.74) is 1.72. The molecule has 0 fully saturated rings. The van der Waals surface area contributed by atoms with Crippen LogP contribution in [0.25, 0.3) is 0 Å². The van der Waals surface area contributed by atoms with E-state index in [1.54, 1.807) is 0 Å². The highest BCUT2D eigenvalue weighted by atomic mass is 16.6. The predicted molar refractivity (Wildman–Crippen MR) is 44.5 cm³/mol. The monoisotopic (exact) mass is 168 g/mol. The van der Waals surface area contributed by atoms with Crippen molar-refractivity contribution in [2.45, 2.75) is 19.6 Å². The maximum Gasteiger partial charge on any atom is 0.251 e. The average Bonchev–Trinajstić information content (AvgIpc) is 2.01. The molecule has 0 aromatic carbocycles. The van der Waals surface area contributed by atoms with Gasteiger partial charge >= 0.3 is 0 Å². The van der Waals surface area contributed by atoms with Gasteiger partial charge in [-0.15, -0.1) is 0 Å². The van der Waals surface area contributed by atoms with E-state index in [4.69, 9.17) is 4.74 Å². The highest BCUT2D eigenvalue weighted by molar-refractivity contribution is 5.99. The number of ketones is 1. The number of aliphatic hydroxyl groups is 1. The normalized spacial score (nSPS) is 29.8. The first-order chi connectivity index (χ1) is 5.49. The van der Waals surface area contributed by atoms with Gasteiger partial charge in [0.05, 0.1) is 0 Å². The fraction of sp³-hybridized carbons (Fsp3) is 0.444. The van der Waals surface area contributed by atoms with Gasteiger partial charge in [0.25, 0.3) is 5.79 Å². The second kappa shape index (κ2) is 2.84. The van der Waals surface area contributed by atoms with Gasteiger partial charge in [-0.05, 0) is 37.1 Å². The van der Waals surface area contributed by atoms with E-state index in [2.05, 4.69) is 0 Å². The molecule has 0 radical (unpaired) electrons. The molecule has 1 aliphatic rings. The molecule has 1 rings (SSSR count). The zero-order valence-electron chi connectivity index (χ0n) is 7.42. The number of ether oxygens (including phenoxy) is 1. The van der Waals surface area contributed by atoms with Crippen LogP contribution >= 0.6 is 0 Å². The number of carbonyl (C=O) groups is 1. The van der Waals surface area contributed by atoms with Crippen molar-refractivity contribution < 1.29 is 14.6 Å². The molecule has 0 aliphatic heterocycles. The van der Waals surface area contributed by atoms with Gasteiger partial charge in [0, 0.05) is 7.11 Å². The first-order valence-corrected chi connectivity index (χ1v) is 3.69. The molecule has 0 amide bonds. The van der Waals surface area contributed by atoms with E-state index in [0.717, 1.165) is 11.1 Å². The van der Waals surface area contributed by atoms with Crippen molar-refractivity contribution in [3.05, 3.63) is 23.3 Å². The van der Waals surface area contributed by atoms with Crippen LogP contribution < -0.4 is 0 Å². The van der Waals surface area contributed by atoms with Crippen LogP contribution in [0.4, 0.5) is 0 Å². The Hall–Kier alpha value is -0.930. The van der Waals surface area contributed by atoms with Crippen molar-refractivity contribution in [2.75, 3.05) is 7.11 Å². The van der Waals surface area contributed by atoms with Crippen molar-refractivity contribution in [1.82, 2.24) is 0 Å². The van der Waals surface area contributed by atoms with Crippen LogP contribution in [0.1, 0.15) is 13.8 Å². The lowest BCUT2D eigenvalue weighted by Crippen LogP contribution is -2.39. The highest BCUT2D eigenvalue weighted by Crippen LogP contribution is 2.23.